The van der Waals surface area contributed by atoms with Crippen molar-refractivity contribution in [2.45, 2.75) is 39.2 Å². The van der Waals surface area contributed by atoms with Crippen molar-refractivity contribution in [1.29, 1.82) is 0 Å². The third-order valence-corrected chi connectivity index (χ3v) is 4.21. The predicted molar refractivity (Wildman–Crippen MR) is 91.8 cm³/mol. The minimum atomic E-state index is -0.0986. The van der Waals surface area contributed by atoms with Crippen molar-refractivity contribution in [3.8, 4) is 0 Å². The summed E-state index contributed by atoms with van der Waals surface area (Å²) < 4.78 is 2.86. The molecule has 0 atom stereocenters. The van der Waals surface area contributed by atoms with Crippen LogP contribution in [0.1, 0.15) is 31.4 Å². The van der Waals surface area contributed by atoms with Crippen LogP contribution in [0.2, 0.25) is 0 Å². The Hall–Kier alpha value is -1.62. The lowest BCUT2D eigenvalue weighted by Crippen LogP contribution is -2.37. The van der Waals surface area contributed by atoms with Gasteiger partial charge in [-0.2, -0.15) is 5.10 Å². The summed E-state index contributed by atoms with van der Waals surface area (Å²) in [4.78, 5) is 12.0. The van der Waals surface area contributed by atoms with Crippen molar-refractivity contribution in [2.75, 3.05) is 6.54 Å². The maximum atomic E-state index is 12.0. The van der Waals surface area contributed by atoms with Gasteiger partial charge in [0.25, 0.3) is 0 Å². The minimum absolute atomic E-state index is 0.0540. The molecule has 2 aromatic rings. The van der Waals surface area contributed by atoms with Crippen LogP contribution in [0, 0.1) is 6.92 Å². The number of aryl methyl sites for hydroxylation is 2. The lowest BCUT2D eigenvalue weighted by atomic mass is 9.84. The van der Waals surface area contributed by atoms with Crippen LogP contribution in [0.25, 0.3) is 0 Å². The van der Waals surface area contributed by atoms with E-state index in [0.717, 1.165) is 10.0 Å². The number of nitrogens with one attached hydrogen (secondary N) is 1. The number of halogens is 1. The standard InChI is InChI=1S/C17H22BrN3O/c1-13-10-20-21(11-13)9-8-16(22)19-12-17(2,3)14-4-6-15(18)7-5-14/h4-7,10-11H,8-9,12H2,1-3H3,(H,19,22). The molecule has 0 aliphatic rings. The van der Waals surface area contributed by atoms with Gasteiger partial charge in [-0.3, -0.25) is 9.48 Å². The van der Waals surface area contributed by atoms with Crippen molar-refractivity contribution < 1.29 is 4.79 Å². The highest BCUT2D eigenvalue weighted by Gasteiger charge is 2.21. The lowest BCUT2D eigenvalue weighted by molar-refractivity contribution is -0.121. The van der Waals surface area contributed by atoms with E-state index < -0.39 is 0 Å². The van der Waals surface area contributed by atoms with Gasteiger partial charge in [-0.1, -0.05) is 41.9 Å². The second-order valence-electron chi connectivity index (χ2n) is 6.20. The normalized spacial score (nSPS) is 11.5. The summed E-state index contributed by atoms with van der Waals surface area (Å²) in [5, 5.41) is 7.21. The van der Waals surface area contributed by atoms with Gasteiger partial charge < -0.3 is 5.32 Å². The van der Waals surface area contributed by atoms with Crippen LogP contribution in [-0.4, -0.2) is 22.2 Å². The topological polar surface area (TPSA) is 46.9 Å². The molecule has 0 saturated carbocycles. The van der Waals surface area contributed by atoms with Crippen molar-refractivity contribution in [2.24, 2.45) is 0 Å². The number of aromatic nitrogens is 2. The van der Waals surface area contributed by atoms with Crippen LogP contribution in [0.15, 0.2) is 41.1 Å². The zero-order valence-electron chi connectivity index (χ0n) is 13.3. The van der Waals surface area contributed by atoms with Crippen molar-refractivity contribution in [3.63, 3.8) is 0 Å². The zero-order chi connectivity index (χ0) is 16.2. The van der Waals surface area contributed by atoms with Crippen LogP contribution >= 0.6 is 15.9 Å². The largest absolute Gasteiger partial charge is 0.355 e. The third-order valence-electron chi connectivity index (χ3n) is 3.68. The molecule has 0 aliphatic heterocycles. The zero-order valence-corrected chi connectivity index (χ0v) is 14.9. The Kier molecular flexibility index (Phi) is 5.40. The Morgan fingerprint density at radius 1 is 1.32 bits per heavy atom. The van der Waals surface area contributed by atoms with E-state index in [2.05, 4.69) is 52.3 Å². The van der Waals surface area contributed by atoms with Crippen LogP contribution in [0.5, 0.6) is 0 Å². The maximum absolute atomic E-state index is 12.0. The van der Waals surface area contributed by atoms with Gasteiger partial charge in [0.2, 0.25) is 5.91 Å². The molecule has 4 nitrogen and oxygen atoms in total. The molecule has 0 bridgehead atoms. The third kappa shape index (κ3) is 4.70. The average molecular weight is 364 g/mol. The molecule has 118 valence electrons. The van der Waals surface area contributed by atoms with Gasteiger partial charge in [0.1, 0.15) is 0 Å². The van der Waals surface area contributed by atoms with E-state index in [1.165, 1.54) is 5.56 Å². The summed E-state index contributed by atoms with van der Waals surface area (Å²) in [7, 11) is 0. The molecular weight excluding hydrogens is 342 g/mol. The van der Waals surface area contributed by atoms with Crippen molar-refractivity contribution in [1.82, 2.24) is 15.1 Å². The fourth-order valence-corrected chi connectivity index (χ4v) is 2.48. The van der Waals surface area contributed by atoms with E-state index in [1.807, 2.05) is 25.3 Å². The van der Waals surface area contributed by atoms with Gasteiger partial charge in [-0.15, -0.1) is 0 Å². The number of benzene rings is 1. The van der Waals surface area contributed by atoms with Crippen molar-refractivity contribution in [3.05, 3.63) is 52.3 Å². The Balaban J connectivity index is 1.83. The molecule has 1 aromatic heterocycles. The summed E-state index contributed by atoms with van der Waals surface area (Å²) >= 11 is 3.44. The molecule has 0 saturated heterocycles. The molecule has 0 aliphatic carbocycles. The lowest BCUT2D eigenvalue weighted by Gasteiger charge is -2.25. The molecule has 5 heteroatoms. The number of nitrogens with zero attached hydrogens (tertiary/aromatic N) is 2. The van der Waals surface area contributed by atoms with Crippen LogP contribution in [-0.2, 0) is 16.8 Å². The van der Waals surface area contributed by atoms with E-state index >= 15 is 0 Å². The van der Waals surface area contributed by atoms with E-state index in [0.29, 0.717) is 19.5 Å². The van der Waals surface area contributed by atoms with Crippen LogP contribution in [0.3, 0.4) is 0 Å². The fourth-order valence-electron chi connectivity index (χ4n) is 2.22. The highest BCUT2D eigenvalue weighted by molar-refractivity contribution is 9.10. The summed E-state index contributed by atoms with van der Waals surface area (Å²) in [6.45, 7) is 7.48. The Morgan fingerprint density at radius 3 is 2.59 bits per heavy atom. The monoisotopic (exact) mass is 363 g/mol. The SMILES string of the molecule is Cc1cnn(CCC(=O)NCC(C)(C)c2ccc(Br)cc2)c1. The smallest absolute Gasteiger partial charge is 0.221 e. The summed E-state index contributed by atoms with van der Waals surface area (Å²) in [5.41, 5.74) is 2.22. The van der Waals surface area contributed by atoms with E-state index in [4.69, 9.17) is 0 Å². The number of amides is 1. The van der Waals surface area contributed by atoms with Gasteiger partial charge in [-0.05, 0) is 30.2 Å². The van der Waals surface area contributed by atoms with Gasteiger partial charge >= 0.3 is 0 Å². The number of carbonyl (C=O) groups is 1. The highest BCUT2D eigenvalue weighted by Crippen LogP contribution is 2.24. The quantitative estimate of drug-likeness (QED) is 0.854. The molecule has 0 fully saturated rings. The average Bonchev–Trinajstić information content (AvgIpc) is 2.89. The van der Waals surface area contributed by atoms with Gasteiger partial charge in [0, 0.05) is 35.6 Å². The Bertz CT molecular complexity index is 632. The molecule has 0 unspecified atom stereocenters. The molecular formula is C17H22BrN3O. The molecule has 1 heterocycles. The van der Waals surface area contributed by atoms with Crippen LogP contribution < -0.4 is 5.32 Å². The first-order valence-electron chi connectivity index (χ1n) is 7.39. The molecule has 1 aromatic carbocycles. The van der Waals surface area contributed by atoms with Gasteiger partial charge in [0.15, 0.2) is 0 Å². The van der Waals surface area contributed by atoms with Crippen LogP contribution in [0.4, 0.5) is 0 Å². The molecule has 1 N–H and O–H groups in total. The van der Waals surface area contributed by atoms with E-state index in [-0.39, 0.29) is 11.3 Å². The molecule has 0 spiro atoms. The second kappa shape index (κ2) is 7.09. The second-order valence-corrected chi connectivity index (χ2v) is 7.11. The number of hydrogen-bond donors (Lipinski definition) is 1. The first kappa shape index (κ1) is 16.7. The first-order valence-corrected chi connectivity index (χ1v) is 8.18. The number of hydrogen-bond acceptors (Lipinski definition) is 2. The fraction of sp³-hybridized carbons (Fsp3) is 0.412. The van der Waals surface area contributed by atoms with Gasteiger partial charge in [-0.25, -0.2) is 0 Å². The van der Waals surface area contributed by atoms with Gasteiger partial charge in [0.05, 0.1) is 6.20 Å². The van der Waals surface area contributed by atoms with E-state index in [9.17, 15) is 4.79 Å². The summed E-state index contributed by atoms with van der Waals surface area (Å²) in [6.07, 6.45) is 4.19. The molecule has 22 heavy (non-hydrogen) atoms. The molecule has 2 rings (SSSR count). The van der Waals surface area contributed by atoms with Crippen molar-refractivity contribution >= 4 is 21.8 Å². The minimum Gasteiger partial charge on any atom is -0.355 e. The first-order chi connectivity index (χ1) is 10.4. The highest BCUT2D eigenvalue weighted by atomic mass is 79.9. The van der Waals surface area contributed by atoms with E-state index in [1.54, 1.807) is 10.9 Å². The molecule has 1 amide bonds. The number of carbonyl (C=O) groups excluding carboxylic acids is 1. The molecule has 0 radical (unpaired) electrons. The summed E-state index contributed by atoms with van der Waals surface area (Å²) in [5.74, 6) is 0.0540. The summed E-state index contributed by atoms with van der Waals surface area (Å²) in [6, 6.07) is 8.23. The number of rotatable bonds is 6. The maximum Gasteiger partial charge on any atom is 0.221 e. The Labute approximate surface area is 140 Å². The Morgan fingerprint density at radius 2 is 2.00 bits per heavy atom. The predicted octanol–water partition coefficient (Wildman–Crippen LogP) is 3.44.